The average Bonchev–Trinajstić information content (AvgIpc) is 2.56. The van der Waals surface area contributed by atoms with Crippen molar-refractivity contribution >= 4 is 29.9 Å². The van der Waals surface area contributed by atoms with E-state index in [9.17, 15) is 4.79 Å². The molecule has 0 bridgehead atoms. The summed E-state index contributed by atoms with van der Waals surface area (Å²) in [5.41, 5.74) is 8.14. The third-order valence-corrected chi connectivity index (χ3v) is 4.56. The highest BCUT2D eigenvalue weighted by molar-refractivity contribution is 6.31. The zero-order valence-corrected chi connectivity index (χ0v) is 14.8. The number of hydrogen-bond donors (Lipinski definition) is 2. The van der Waals surface area contributed by atoms with Gasteiger partial charge in [0.05, 0.1) is 0 Å². The Morgan fingerprint density at radius 2 is 2.04 bits per heavy atom. The van der Waals surface area contributed by atoms with Gasteiger partial charge in [-0.25, -0.2) is 0 Å². The summed E-state index contributed by atoms with van der Waals surface area (Å²) in [6.07, 6.45) is 0. The van der Waals surface area contributed by atoms with E-state index in [-0.39, 0.29) is 18.4 Å². The Bertz CT molecular complexity index is 708. The Kier molecular flexibility index (Phi) is 6.63. The maximum absolute atomic E-state index is 11.4. The summed E-state index contributed by atoms with van der Waals surface area (Å²) in [6.45, 7) is 3.49. The van der Waals surface area contributed by atoms with Crippen LogP contribution in [0.2, 0.25) is 5.02 Å². The molecule has 24 heavy (non-hydrogen) atoms. The van der Waals surface area contributed by atoms with E-state index < -0.39 is 5.91 Å². The summed E-state index contributed by atoms with van der Waals surface area (Å²) in [4.78, 5) is 13.7. The Balaban J connectivity index is 0.00000208. The fraction of sp³-hybridized carbons (Fsp3) is 0.278. The number of nitrogens with one attached hydrogen (secondary N) is 1. The average molecular weight is 366 g/mol. The zero-order chi connectivity index (χ0) is 16.2. The Labute approximate surface area is 153 Å². The molecule has 1 atom stereocenters. The minimum absolute atomic E-state index is 0. The number of benzene rings is 2. The molecule has 6 heteroatoms. The van der Waals surface area contributed by atoms with Gasteiger partial charge in [-0.1, -0.05) is 41.9 Å². The fourth-order valence-corrected chi connectivity index (χ4v) is 3.31. The van der Waals surface area contributed by atoms with Crippen LogP contribution in [0.1, 0.15) is 27.5 Å². The van der Waals surface area contributed by atoms with Gasteiger partial charge in [-0.15, -0.1) is 12.4 Å². The lowest BCUT2D eigenvalue weighted by Crippen LogP contribution is -2.45. The molecular weight excluding hydrogens is 345 g/mol. The van der Waals surface area contributed by atoms with Gasteiger partial charge in [0.2, 0.25) is 5.91 Å². The summed E-state index contributed by atoms with van der Waals surface area (Å²) in [5.74, 6) is -0.394. The van der Waals surface area contributed by atoms with Gasteiger partial charge in [0, 0.05) is 42.8 Å². The summed E-state index contributed by atoms with van der Waals surface area (Å²) >= 11 is 6.38. The first-order valence-electron chi connectivity index (χ1n) is 7.73. The highest BCUT2D eigenvalue weighted by atomic mass is 35.5. The predicted molar refractivity (Wildman–Crippen MR) is 99.7 cm³/mol. The molecular formula is C18H21Cl2N3O. The zero-order valence-electron chi connectivity index (χ0n) is 13.2. The maximum atomic E-state index is 11.4. The monoisotopic (exact) mass is 365 g/mol. The van der Waals surface area contributed by atoms with Crippen LogP contribution in [0.5, 0.6) is 0 Å². The molecule has 1 fully saturated rings. The molecule has 0 aromatic heterocycles. The van der Waals surface area contributed by atoms with Crippen LogP contribution in [-0.2, 0) is 6.54 Å². The topological polar surface area (TPSA) is 58.4 Å². The molecule has 1 aliphatic heterocycles. The number of halogens is 2. The molecule has 0 spiro atoms. The Morgan fingerprint density at radius 1 is 1.25 bits per heavy atom. The van der Waals surface area contributed by atoms with Crippen molar-refractivity contribution in [2.45, 2.75) is 12.6 Å². The van der Waals surface area contributed by atoms with Crippen LogP contribution in [0.4, 0.5) is 0 Å². The van der Waals surface area contributed by atoms with Crippen LogP contribution in [0.3, 0.4) is 0 Å². The van der Waals surface area contributed by atoms with Gasteiger partial charge < -0.3 is 11.1 Å². The van der Waals surface area contributed by atoms with E-state index in [0.717, 1.165) is 42.3 Å². The van der Waals surface area contributed by atoms with E-state index in [0.29, 0.717) is 5.56 Å². The minimum atomic E-state index is -0.394. The van der Waals surface area contributed by atoms with E-state index in [1.807, 2.05) is 36.4 Å². The third kappa shape index (κ3) is 4.28. The standard InChI is InChI=1S/C18H20ClN3O.ClH/c19-16-7-2-1-6-15(16)17-11-21-8-9-22(17)12-13-4-3-5-14(10-13)18(20)23;/h1-7,10,17,21H,8-9,11-12H2,(H2,20,23);1H. The number of carbonyl (C=O) groups excluding carboxylic acids is 1. The number of primary amides is 1. The molecule has 1 unspecified atom stereocenters. The van der Waals surface area contributed by atoms with Gasteiger partial charge in [0.1, 0.15) is 0 Å². The maximum Gasteiger partial charge on any atom is 0.248 e. The summed E-state index contributed by atoms with van der Waals surface area (Å²) < 4.78 is 0. The van der Waals surface area contributed by atoms with Gasteiger partial charge in [-0.3, -0.25) is 9.69 Å². The summed E-state index contributed by atoms with van der Waals surface area (Å²) in [5, 5.41) is 4.22. The van der Waals surface area contributed by atoms with Crippen molar-refractivity contribution in [3.05, 3.63) is 70.2 Å². The fourth-order valence-electron chi connectivity index (χ4n) is 3.05. The number of hydrogen-bond acceptors (Lipinski definition) is 3. The molecule has 2 aromatic rings. The molecule has 1 saturated heterocycles. The van der Waals surface area contributed by atoms with Crippen molar-refractivity contribution in [1.82, 2.24) is 10.2 Å². The molecule has 2 aromatic carbocycles. The molecule has 0 radical (unpaired) electrons. The highest BCUT2D eigenvalue weighted by Gasteiger charge is 2.25. The van der Waals surface area contributed by atoms with E-state index in [4.69, 9.17) is 17.3 Å². The smallest absolute Gasteiger partial charge is 0.248 e. The van der Waals surface area contributed by atoms with Crippen LogP contribution in [0.15, 0.2) is 48.5 Å². The second kappa shape index (κ2) is 8.49. The second-order valence-corrected chi connectivity index (χ2v) is 6.18. The van der Waals surface area contributed by atoms with E-state index in [1.165, 1.54) is 0 Å². The molecule has 1 aliphatic rings. The number of rotatable bonds is 4. The lowest BCUT2D eigenvalue weighted by atomic mass is 10.0. The SMILES string of the molecule is Cl.NC(=O)c1cccc(CN2CCNCC2c2ccccc2Cl)c1. The molecule has 3 N–H and O–H groups in total. The first-order chi connectivity index (χ1) is 11.1. The number of carbonyl (C=O) groups is 1. The normalized spacial score (nSPS) is 18.0. The number of nitrogens with zero attached hydrogens (tertiary/aromatic N) is 1. The van der Waals surface area contributed by atoms with Gasteiger partial charge in [0.15, 0.2) is 0 Å². The highest BCUT2D eigenvalue weighted by Crippen LogP contribution is 2.29. The first-order valence-corrected chi connectivity index (χ1v) is 8.11. The van der Waals surface area contributed by atoms with Gasteiger partial charge in [-0.2, -0.15) is 0 Å². The minimum Gasteiger partial charge on any atom is -0.366 e. The van der Waals surface area contributed by atoms with Crippen molar-refractivity contribution in [1.29, 1.82) is 0 Å². The van der Waals surface area contributed by atoms with Crippen LogP contribution < -0.4 is 11.1 Å². The molecule has 1 heterocycles. The largest absolute Gasteiger partial charge is 0.366 e. The number of nitrogens with two attached hydrogens (primary N) is 1. The lowest BCUT2D eigenvalue weighted by Gasteiger charge is -2.37. The van der Waals surface area contributed by atoms with Crippen molar-refractivity contribution in [3.63, 3.8) is 0 Å². The van der Waals surface area contributed by atoms with Crippen LogP contribution in [0.25, 0.3) is 0 Å². The molecule has 1 amide bonds. The summed E-state index contributed by atoms with van der Waals surface area (Å²) in [7, 11) is 0. The Hall–Kier alpha value is -1.59. The Morgan fingerprint density at radius 3 is 2.79 bits per heavy atom. The van der Waals surface area contributed by atoms with Crippen molar-refractivity contribution in [3.8, 4) is 0 Å². The third-order valence-electron chi connectivity index (χ3n) is 4.22. The van der Waals surface area contributed by atoms with Gasteiger partial charge in [-0.05, 0) is 29.3 Å². The van der Waals surface area contributed by atoms with E-state index in [2.05, 4.69) is 16.3 Å². The van der Waals surface area contributed by atoms with Crippen molar-refractivity contribution in [2.24, 2.45) is 5.73 Å². The molecule has 3 rings (SSSR count). The van der Waals surface area contributed by atoms with Crippen LogP contribution >= 0.6 is 24.0 Å². The van der Waals surface area contributed by atoms with Crippen molar-refractivity contribution < 1.29 is 4.79 Å². The van der Waals surface area contributed by atoms with E-state index in [1.54, 1.807) is 6.07 Å². The number of amides is 1. The lowest BCUT2D eigenvalue weighted by molar-refractivity contribution is 0.1000. The van der Waals surface area contributed by atoms with Crippen LogP contribution in [0, 0.1) is 0 Å². The van der Waals surface area contributed by atoms with Crippen molar-refractivity contribution in [2.75, 3.05) is 19.6 Å². The molecule has 4 nitrogen and oxygen atoms in total. The van der Waals surface area contributed by atoms with Gasteiger partial charge >= 0.3 is 0 Å². The predicted octanol–water partition coefficient (Wildman–Crippen LogP) is 3.01. The molecule has 0 aliphatic carbocycles. The van der Waals surface area contributed by atoms with E-state index >= 15 is 0 Å². The first kappa shape index (κ1) is 18.7. The van der Waals surface area contributed by atoms with Gasteiger partial charge in [0.25, 0.3) is 0 Å². The quantitative estimate of drug-likeness (QED) is 0.875. The number of piperazine rings is 1. The second-order valence-electron chi connectivity index (χ2n) is 5.78. The molecule has 0 saturated carbocycles. The van der Waals surface area contributed by atoms with Crippen LogP contribution in [-0.4, -0.2) is 30.4 Å². The molecule has 128 valence electrons. The summed E-state index contributed by atoms with van der Waals surface area (Å²) in [6, 6.07) is 15.7.